The van der Waals surface area contributed by atoms with Gasteiger partial charge in [-0.15, -0.1) is 0 Å². The summed E-state index contributed by atoms with van der Waals surface area (Å²) >= 11 is 0. The molecule has 0 bridgehead atoms. The van der Waals surface area contributed by atoms with Crippen LogP contribution in [-0.2, 0) is 4.74 Å². The molecule has 0 aliphatic heterocycles. The molecule has 0 unspecified atom stereocenters. The predicted octanol–water partition coefficient (Wildman–Crippen LogP) is 4.26. The van der Waals surface area contributed by atoms with E-state index in [0.717, 1.165) is 11.8 Å². The molecule has 1 saturated carbocycles. The van der Waals surface area contributed by atoms with E-state index in [9.17, 15) is 0 Å². The van der Waals surface area contributed by atoms with E-state index in [1.54, 1.807) is 0 Å². The Morgan fingerprint density at radius 3 is 2.00 bits per heavy atom. The number of rotatable bonds is 4. The molecule has 1 aliphatic carbocycles. The van der Waals surface area contributed by atoms with Crippen molar-refractivity contribution >= 4 is 0 Å². The number of methoxy groups -OCH3 is 1. The standard InChI is InChI=1S/C14H28O/c1-11(2)10-14(12(3)4)8-6-13(15-5)7-9-14/h11-13H,6-10H2,1-5H3. The maximum atomic E-state index is 5.47. The summed E-state index contributed by atoms with van der Waals surface area (Å²) in [5.74, 6) is 1.64. The fraction of sp³-hybridized carbons (Fsp3) is 1.00. The van der Waals surface area contributed by atoms with E-state index in [4.69, 9.17) is 4.74 Å². The first-order chi connectivity index (χ1) is 7.00. The van der Waals surface area contributed by atoms with Crippen molar-refractivity contribution in [1.29, 1.82) is 0 Å². The van der Waals surface area contributed by atoms with Crippen molar-refractivity contribution in [3.05, 3.63) is 0 Å². The average Bonchev–Trinajstić information content (AvgIpc) is 2.17. The highest BCUT2D eigenvalue weighted by Crippen LogP contribution is 2.47. The van der Waals surface area contributed by atoms with E-state index in [-0.39, 0.29) is 0 Å². The molecule has 15 heavy (non-hydrogen) atoms. The zero-order valence-corrected chi connectivity index (χ0v) is 11.2. The van der Waals surface area contributed by atoms with Gasteiger partial charge in [0.2, 0.25) is 0 Å². The van der Waals surface area contributed by atoms with Crippen molar-refractivity contribution < 1.29 is 4.74 Å². The minimum absolute atomic E-state index is 0.532. The van der Waals surface area contributed by atoms with Gasteiger partial charge in [-0.3, -0.25) is 0 Å². The first-order valence-corrected chi connectivity index (χ1v) is 6.53. The van der Waals surface area contributed by atoms with Crippen molar-refractivity contribution in [2.75, 3.05) is 7.11 Å². The van der Waals surface area contributed by atoms with Crippen LogP contribution in [-0.4, -0.2) is 13.2 Å². The van der Waals surface area contributed by atoms with Crippen LogP contribution in [0.15, 0.2) is 0 Å². The van der Waals surface area contributed by atoms with E-state index in [1.807, 2.05) is 7.11 Å². The molecule has 0 aromatic heterocycles. The normalized spacial score (nSPS) is 32.6. The molecule has 1 rings (SSSR count). The van der Waals surface area contributed by atoms with Gasteiger partial charge in [0.25, 0.3) is 0 Å². The quantitative estimate of drug-likeness (QED) is 0.676. The second-order valence-electron chi connectivity index (χ2n) is 6.05. The molecule has 1 nitrogen and oxygen atoms in total. The monoisotopic (exact) mass is 212 g/mol. The Labute approximate surface area is 95.6 Å². The van der Waals surface area contributed by atoms with Crippen LogP contribution in [0.25, 0.3) is 0 Å². The van der Waals surface area contributed by atoms with Crippen LogP contribution in [0, 0.1) is 17.3 Å². The Kier molecular flexibility index (Phi) is 4.64. The van der Waals surface area contributed by atoms with Crippen LogP contribution in [0.5, 0.6) is 0 Å². The van der Waals surface area contributed by atoms with Crippen LogP contribution in [0.2, 0.25) is 0 Å². The van der Waals surface area contributed by atoms with E-state index in [1.165, 1.54) is 32.1 Å². The largest absolute Gasteiger partial charge is 0.381 e. The summed E-state index contributed by atoms with van der Waals surface area (Å²) < 4.78 is 5.47. The summed E-state index contributed by atoms with van der Waals surface area (Å²) in [6, 6.07) is 0. The van der Waals surface area contributed by atoms with Gasteiger partial charge in [0.15, 0.2) is 0 Å². The predicted molar refractivity (Wildman–Crippen MR) is 66.0 cm³/mol. The Morgan fingerprint density at radius 2 is 1.67 bits per heavy atom. The Balaban J connectivity index is 2.60. The molecule has 0 saturated heterocycles. The molecular weight excluding hydrogens is 184 g/mol. The molecule has 1 heteroatoms. The number of ether oxygens (including phenoxy) is 1. The highest BCUT2D eigenvalue weighted by Gasteiger charge is 2.38. The third kappa shape index (κ3) is 3.21. The molecular formula is C14H28O. The minimum atomic E-state index is 0.532. The first kappa shape index (κ1) is 13.0. The molecule has 0 spiro atoms. The summed E-state index contributed by atoms with van der Waals surface area (Å²) in [5, 5.41) is 0. The van der Waals surface area contributed by atoms with Gasteiger partial charge in [0, 0.05) is 7.11 Å². The number of hydrogen-bond donors (Lipinski definition) is 0. The molecule has 0 radical (unpaired) electrons. The van der Waals surface area contributed by atoms with E-state index in [2.05, 4.69) is 27.7 Å². The van der Waals surface area contributed by atoms with Crippen molar-refractivity contribution in [1.82, 2.24) is 0 Å². The fourth-order valence-electron chi connectivity index (χ4n) is 3.23. The lowest BCUT2D eigenvalue weighted by Gasteiger charge is -2.44. The molecule has 0 atom stereocenters. The average molecular weight is 212 g/mol. The molecule has 90 valence electrons. The van der Waals surface area contributed by atoms with Gasteiger partial charge in [0.1, 0.15) is 0 Å². The zero-order valence-electron chi connectivity index (χ0n) is 11.2. The first-order valence-electron chi connectivity index (χ1n) is 6.53. The second-order valence-corrected chi connectivity index (χ2v) is 6.05. The molecule has 1 aliphatic rings. The lowest BCUT2D eigenvalue weighted by Crippen LogP contribution is -2.35. The van der Waals surface area contributed by atoms with E-state index >= 15 is 0 Å². The van der Waals surface area contributed by atoms with Crippen LogP contribution < -0.4 is 0 Å². The van der Waals surface area contributed by atoms with Gasteiger partial charge in [-0.05, 0) is 49.4 Å². The molecule has 0 aromatic carbocycles. The van der Waals surface area contributed by atoms with Gasteiger partial charge in [-0.25, -0.2) is 0 Å². The highest BCUT2D eigenvalue weighted by molar-refractivity contribution is 4.89. The Hall–Kier alpha value is -0.0400. The SMILES string of the molecule is COC1CCC(CC(C)C)(C(C)C)CC1. The molecule has 1 fully saturated rings. The van der Waals surface area contributed by atoms with Crippen LogP contribution in [0.1, 0.15) is 59.8 Å². The third-order valence-corrected chi connectivity index (χ3v) is 4.30. The van der Waals surface area contributed by atoms with Crippen molar-refractivity contribution in [3.63, 3.8) is 0 Å². The Morgan fingerprint density at radius 1 is 1.13 bits per heavy atom. The molecule has 0 heterocycles. The summed E-state index contributed by atoms with van der Waals surface area (Å²) in [6.07, 6.45) is 7.18. The summed E-state index contributed by atoms with van der Waals surface area (Å²) in [7, 11) is 1.86. The van der Waals surface area contributed by atoms with Crippen molar-refractivity contribution in [3.8, 4) is 0 Å². The Bertz CT molecular complexity index is 176. The van der Waals surface area contributed by atoms with Gasteiger partial charge < -0.3 is 4.74 Å². The van der Waals surface area contributed by atoms with Gasteiger partial charge >= 0.3 is 0 Å². The van der Waals surface area contributed by atoms with Crippen molar-refractivity contribution in [2.24, 2.45) is 17.3 Å². The summed E-state index contributed by atoms with van der Waals surface area (Å²) in [6.45, 7) is 9.50. The molecule has 0 amide bonds. The maximum absolute atomic E-state index is 5.47. The topological polar surface area (TPSA) is 9.23 Å². The highest BCUT2D eigenvalue weighted by atomic mass is 16.5. The molecule has 0 N–H and O–H groups in total. The van der Waals surface area contributed by atoms with Crippen LogP contribution in [0.3, 0.4) is 0 Å². The van der Waals surface area contributed by atoms with Crippen molar-refractivity contribution in [2.45, 2.75) is 65.9 Å². The van der Waals surface area contributed by atoms with Gasteiger partial charge in [0.05, 0.1) is 6.10 Å². The lowest BCUT2D eigenvalue weighted by atomic mass is 9.63. The van der Waals surface area contributed by atoms with E-state index < -0.39 is 0 Å². The van der Waals surface area contributed by atoms with E-state index in [0.29, 0.717) is 11.5 Å². The zero-order chi connectivity index (χ0) is 11.5. The maximum Gasteiger partial charge on any atom is 0.0571 e. The third-order valence-electron chi connectivity index (χ3n) is 4.30. The lowest BCUT2D eigenvalue weighted by molar-refractivity contribution is -0.00262. The molecule has 0 aromatic rings. The van der Waals surface area contributed by atoms with Gasteiger partial charge in [-0.2, -0.15) is 0 Å². The second kappa shape index (κ2) is 5.34. The van der Waals surface area contributed by atoms with Crippen LogP contribution in [0.4, 0.5) is 0 Å². The van der Waals surface area contributed by atoms with Gasteiger partial charge in [-0.1, -0.05) is 27.7 Å². The fourth-order valence-corrected chi connectivity index (χ4v) is 3.23. The smallest absolute Gasteiger partial charge is 0.0571 e. The minimum Gasteiger partial charge on any atom is -0.381 e. The van der Waals surface area contributed by atoms with Crippen LogP contribution >= 0.6 is 0 Å². The summed E-state index contributed by atoms with van der Waals surface area (Å²) in [4.78, 5) is 0. The number of hydrogen-bond acceptors (Lipinski definition) is 1. The summed E-state index contributed by atoms with van der Waals surface area (Å²) in [5.41, 5.74) is 0.600.